The Kier molecular flexibility index (Phi) is 4.54. The van der Waals surface area contributed by atoms with Gasteiger partial charge in [0.05, 0.1) is 16.4 Å². The van der Waals surface area contributed by atoms with Crippen molar-refractivity contribution in [1.29, 1.82) is 0 Å². The summed E-state index contributed by atoms with van der Waals surface area (Å²) in [6.07, 6.45) is 9.31. The Balaban J connectivity index is 2.11. The molecule has 3 heteroatoms. The van der Waals surface area contributed by atoms with Crippen LogP contribution in [-0.2, 0) is 0 Å². The smallest absolute Gasteiger partial charge is 0.127 e. The highest BCUT2D eigenvalue weighted by atomic mass is 35.5. The summed E-state index contributed by atoms with van der Waals surface area (Å²) in [4.78, 5) is 4.83. The fourth-order valence-electron chi connectivity index (χ4n) is 3.68. The average Bonchev–Trinajstić information content (AvgIpc) is 2.79. The van der Waals surface area contributed by atoms with Crippen LogP contribution in [0.25, 0.3) is 11.0 Å². The van der Waals surface area contributed by atoms with Crippen LogP contribution in [-0.4, -0.2) is 9.55 Å². The van der Waals surface area contributed by atoms with Crippen LogP contribution in [0, 0.1) is 6.92 Å². The molecule has 1 aliphatic rings. The minimum Gasteiger partial charge on any atom is -0.323 e. The fraction of sp³-hybridized carbons (Fsp3) is 0.611. The van der Waals surface area contributed by atoms with Gasteiger partial charge in [-0.2, -0.15) is 0 Å². The van der Waals surface area contributed by atoms with Crippen LogP contribution < -0.4 is 0 Å². The summed E-state index contributed by atoms with van der Waals surface area (Å²) in [6.45, 7) is 4.23. The van der Waals surface area contributed by atoms with E-state index in [4.69, 9.17) is 16.6 Å². The molecule has 1 unspecified atom stereocenters. The summed E-state index contributed by atoms with van der Waals surface area (Å²) in [5.41, 5.74) is 3.70. The summed E-state index contributed by atoms with van der Waals surface area (Å²) >= 11 is 6.44. The summed E-state index contributed by atoms with van der Waals surface area (Å²) in [7, 11) is 0. The summed E-state index contributed by atoms with van der Waals surface area (Å²) in [6, 6.07) is 6.96. The number of benzene rings is 1. The minimum absolute atomic E-state index is 0.0396. The Hall–Kier alpha value is -1.02. The van der Waals surface area contributed by atoms with E-state index in [-0.39, 0.29) is 5.38 Å². The zero-order valence-corrected chi connectivity index (χ0v) is 13.9. The molecule has 3 rings (SSSR count). The first kappa shape index (κ1) is 14.9. The van der Waals surface area contributed by atoms with Crippen molar-refractivity contribution in [3.05, 3.63) is 29.6 Å². The molecule has 0 radical (unpaired) electrons. The predicted molar refractivity (Wildman–Crippen MR) is 90.1 cm³/mol. The standard InChI is InChI=1S/C18H25ClN2/c1-13-9-8-12-16-17(13)21(18(20-16)14(2)19)15-10-6-4-3-5-7-11-15/h8-9,12,14-15H,3-7,10-11H2,1-2H3. The molecule has 1 saturated carbocycles. The molecule has 1 aliphatic carbocycles. The highest BCUT2D eigenvalue weighted by Gasteiger charge is 2.23. The Morgan fingerprint density at radius 1 is 1.14 bits per heavy atom. The highest BCUT2D eigenvalue weighted by molar-refractivity contribution is 6.20. The number of para-hydroxylation sites is 1. The summed E-state index contributed by atoms with van der Waals surface area (Å²) in [5, 5.41) is -0.0396. The third kappa shape index (κ3) is 2.96. The first-order valence-electron chi connectivity index (χ1n) is 8.30. The van der Waals surface area contributed by atoms with Crippen LogP contribution in [0.5, 0.6) is 0 Å². The predicted octanol–water partition coefficient (Wildman–Crippen LogP) is 5.93. The lowest BCUT2D eigenvalue weighted by molar-refractivity contribution is 0.370. The van der Waals surface area contributed by atoms with Gasteiger partial charge in [0.25, 0.3) is 0 Å². The van der Waals surface area contributed by atoms with Gasteiger partial charge < -0.3 is 4.57 Å². The van der Waals surface area contributed by atoms with Crippen LogP contribution in [0.3, 0.4) is 0 Å². The van der Waals surface area contributed by atoms with Crippen molar-refractivity contribution in [3.8, 4) is 0 Å². The molecule has 1 atom stereocenters. The molecule has 1 aromatic heterocycles. The molecule has 0 bridgehead atoms. The third-order valence-electron chi connectivity index (χ3n) is 4.73. The summed E-state index contributed by atoms with van der Waals surface area (Å²) in [5.74, 6) is 1.05. The molecule has 1 aromatic carbocycles. The number of fused-ring (bicyclic) bond motifs is 1. The van der Waals surface area contributed by atoms with Crippen molar-refractivity contribution >= 4 is 22.6 Å². The van der Waals surface area contributed by atoms with Crippen LogP contribution in [0.15, 0.2) is 18.2 Å². The van der Waals surface area contributed by atoms with E-state index in [9.17, 15) is 0 Å². The maximum atomic E-state index is 6.44. The van der Waals surface area contributed by atoms with Gasteiger partial charge >= 0.3 is 0 Å². The topological polar surface area (TPSA) is 17.8 Å². The van der Waals surface area contributed by atoms with Gasteiger partial charge in [-0.1, -0.05) is 44.2 Å². The largest absolute Gasteiger partial charge is 0.323 e. The maximum Gasteiger partial charge on any atom is 0.127 e. The Morgan fingerprint density at radius 3 is 2.48 bits per heavy atom. The number of imidazole rings is 1. The fourth-order valence-corrected chi connectivity index (χ4v) is 3.84. The van der Waals surface area contributed by atoms with Crippen molar-refractivity contribution in [1.82, 2.24) is 9.55 Å². The molecule has 0 spiro atoms. The first-order valence-corrected chi connectivity index (χ1v) is 8.73. The van der Waals surface area contributed by atoms with Gasteiger partial charge in [-0.05, 0) is 38.3 Å². The lowest BCUT2D eigenvalue weighted by Gasteiger charge is -2.25. The zero-order chi connectivity index (χ0) is 14.8. The molecule has 2 aromatic rings. The van der Waals surface area contributed by atoms with E-state index < -0.39 is 0 Å². The van der Waals surface area contributed by atoms with Crippen molar-refractivity contribution in [2.24, 2.45) is 0 Å². The van der Waals surface area contributed by atoms with Gasteiger partial charge in [-0.3, -0.25) is 0 Å². The van der Waals surface area contributed by atoms with Crippen molar-refractivity contribution in [2.75, 3.05) is 0 Å². The van der Waals surface area contributed by atoms with Crippen LogP contribution in [0.1, 0.15) is 74.7 Å². The molecular weight excluding hydrogens is 280 g/mol. The molecule has 0 amide bonds. The number of nitrogens with zero attached hydrogens (tertiary/aromatic N) is 2. The Bertz CT molecular complexity index is 607. The molecule has 1 heterocycles. The van der Waals surface area contributed by atoms with E-state index in [1.165, 1.54) is 56.0 Å². The zero-order valence-electron chi connectivity index (χ0n) is 13.1. The third-order valence-corrected chi connectivity index (χ3v) is 4.93. The second kappa shape index (κ2) is 6.39. The van der Waals surface area contributed by atoms with Crippen LogP contribution >= 0.6 is 11.6 Å². The van der Waals surface area contributed by atoms with Crippen molar-refractivity contribution in [3.63, 3.8) is 0 Å². The normalized spacial score (nSPS) is 19.4. The number of halogens is 1. The highest BCUT2D eigenvalue weighted by Crippen LogP contribution is 2.35. The number of alkyl halides is 1. The van der Waals surface area contributed by atoms with Gasteiger partial charge in [0, 0.05) is 6.04 Å². The van der Waals surface area contributed by atoms with Gasteiger partial charge in [0.2, 0.25) is 0 Å². The minimum atomic E-state index is -0.0396. The maximum absolute atomic E-state index is 6.44. The number of aromatic nitrogens is 2. The van der Waals surface area contributed by atoms with Gasteiger partial charge in [0.1, 0.15) is 5.82 Å². The molecule has 0 N–H and O–H groups in total. The monoisotopic (exact) mass is 304 g/mol. The van der Waals surface area contributed by atoms with Gasteiger partial charge in [-0.25, -0.2) is 4.98 Å². The number of hydrogen-bond acceptors (Lipinski definition) is 1. The Labute approximate surface area is 132 Å². The van der Waals surface area contributed by atoms with Crippen molar-refractivity contribution in [2.45, 2.75) is 70.2 Å². The van der Waals surface area contributed by atoms with Gasteiger partial charge in [-0.15, -0.1) is 11.6 Å². The lowest BCUT2D eigenvalue weighted by Crippen LogP contribution is -2.15. The second-order valence-corrected chi connectivity index (χ2v) is 7.05. The molecule has 2 nitrogen and oxygen atoms in total. The molecule has 21 heavy (non-hydrogen) atoms. The molecule has 0 aliphatic heterocycles. The number of rotatable bonds is 2. The Morgan fingerprint density at radius 2 is 1.81 bits per heavy atom. The van der Waals surface area contributed by atoms with Gasteiger partial charge in [0.15, 0.2) is 0 Å². The van der Waals surface area contributed by atoms with E-state index in [2.05, 4.69) is 29.7 Å². The quantitative estimate of drug-likeness (QED) is 0.629. The van der Waals surface area contributed by atoms with E-state index in [1.54, 1.807) is 0 Å². The molecule has 1 fully saturated rings. The number of hydrogen-bond donors (Lipinski definition) is 0. The second-order valence-electron chi connectivity index (χ2n) is 6.40. The van der Waals surface area contributed by atoms with E-state index in [1.807, 2.05) is 6.92 Å². The van der Waals surface area contributed by atoms with E-state index in [0.29, 0.717) is 6.04 Å². The SMILES string of the molecule is Cc1cccc2nc(C(C)Cl)n(C3CCCCCCC3)c12. The molecule has 114 valence electrons. The summed E-state index contributed by atoms with van der Waals surface area (Å²) < 4.78 is 2.47. The lowest BCUT2D eigenvalue weighted by atomic mass is 9.96. The number of aryl methyl sites for hydroxylation is 1. The van der Waals surface area contributed by atoms with Crippen LogP contribution in [0.4, 0.5) is 0 Å². The first-order chi connectivity index (χ1) is 10.2. The molecular formula is C18H25ClN2. The van der Waals surface area contributed by atoms with Crippen LogP contribution in [0.2, 0.25) is 0 Å². The van der Waals surface area contributed by atoms with E-state index >= 15 is 0 Å². The van der Waals surface area contributed by atoms with E-state index in [0.717, 1.165) is 11.3 Å². The van der Waals surface area contributed by atoms with Crippen molar-refractivity contribution < 1.29 is 0 Å². The molecule has 0 saturated heterocycles. The average molecular weight is 305 g/mol.